The zero-order valence-corrected chi connectivity index (χ0v) is 11.4. The summed E-state index contributed by atoms with van der Waals surface area (Å²) >= 11 is 0. The third-order valence-electron chi connectivity index (χ3n) is 3.72. The molecule has 0 bridgehead atoms. The molecule has 0 atom stereocenters. The van der Waals surface area contributed by atoms with E-state index >= 15 is 0 Å². The molecule has 0 aliphatic heterocycles. The summed E-state index contributed by atoms with van der Waals surface area (Å²) in [7, 11) is 0. The van der Waals surface area contributed by atoms with Gasteiger partial charge >= 0.3 is 0 Å². The van der Waals surface area contributed by atoms with Crippen LogP contribution in [0.4, 0.5) is 0 Å². The molecule has 1 fully saturated rings. The first-order chi connectivity index (χ1) is 9.17. The first kappa shape index (κ1) is 14.0. The van der Waals surface area contributed by atoms with Crippen LogP contribution in [0.3, 0.4) is 0 Å². The quantitative estimate of drug-likeness (QED) is 0.814. The van der Waals surface area contributed by atoms with E-state index in [9.17, 15) is 4.79 Å². The number of hydrogen-bond acceptors (Lipinski definition) is 3. The Morgan fingerprint density at radius 2 is 1.89 bits per heavy atom. The lowest BCUT2D eigenvalue weighted by molar-refractivity contribution is -0.121. The molecule has 4 nitrogen and oxygen atoms in total. The predicted octanol–water partition coefficient (Wildman–Crippen LogP) is 1.86. The van der Waals surface area contributed by atoms with Gasteiger partial charge in [-0.2, -0.15) is 0 Å². The summed E-state index contributed by atoms with van der Waals surface area (Å²) < 4.78 is 0. The Morgan fingerprint density at radius 3 is 2.47 bits per heavy atom. The van der Waals surface area contributed by atoms with Gasteiger partial charge in [0, 0.05) is 6.04 Å². The van der Waals surface area contributed by atoms with E-state index in [1.165, 1.54) is 5.56 Å². The van der Waals surface area contributed by atoms with Gasteiger partial charge in [0.05, 0.1) is 12.5 Å². The van der Waals surface area contributed by atoms with Gasteiger partial charge in [-0.15, -0.1) is 0 Å². The molecule has 3 N–H and O–H groups in total. The molecule has 2 rings (SSSR count). The smallest absolute Gasteiger partial charge is 0.224 e. The van der Waals surface area contributed by atoms with Gasteiger partial charge in [-0.1, -0.05) is 29.8 Å². The second kappa shape index (κ2) is 6.68. The minimum absolute atomic E-state index is 0.0981. The maximum absolute atomic E-state index is 11.9. The van der Waals surface area contributed by atoms with E-state index in [4.69, 9.17) is 10.7 Å². The van der Waals surface area contributed by atoms with Gasteiger partial charge in [-0.05, 0) is 38.2 Å². The summed E-state index contributed by atoms with van der Waals surface area (Å²) in [6.45, 7) is 2.04. The number of carbonyl (C=O) groups is 1. The van der Waals surface area contributed by atoms with Crippen LogP contribution in [0.5, 0.6) is 0 Å². The molecule has 1 aliphatic carbocycles. The zero-order chi connectivity index (χ0) is 13.7. The van der Waals surface area contributed by atoms with Crippen molar-refractivity contribution in [3.8, 4) is 0 Å². The minimum atomic E-state index is 0.0981. The van der Waals surface area contributed by atoms with Crippen molar-refractivity contribution < 1.29 is 9.63 Å². The lowest BCUT2D eigenvalue weighted by Gasteiger charge is -2.27. The minimum Gasteiger partial charge on any atom is -0.353 e. The number of nitrogens with one attached hydrogen (secondary N) is 1. The molecule has 1 aromatic rings. The largest absolute Gasteiger partial charge is 0.353 e. The molecule has 0 spiro atoms. The number of nitrogens with two attached hydrogens (primary N) is 1. The monoisotopic (exact) mass is 262 g/mol. The third kappa shape index (κ3) is 4.33. The summed E-state index contributed by atoms with van der Waals surface area (Å²) in [5, 5.41) is 3.09. The molecule has 0 heterocycles. The van der Waals surface area contributed by atoms with Crippen molar-refractivity contribution in [1.82, 2.24) is 5.32 Å². The molecular weight excluding hydrogens is 240 g/mol. The highest BCUT2D eigenvalue weighted by atomic mass is 16.6. The van der Waals surface area contributed by atoms with Crippen LogP contribution in [-0.4, -0.2) is 18.1 Å². The van der Waals surface area contributed by atoms with Gasteiger partial charge in [0.2, 0.25) is 5.91 Å². The predicted molar refractivity (Wildman–Crippen MR) is 74.3 cm³/mol. The van der Waals surface area contributed by atoms with E-state index < -0.39 is 0 Å². The van der Waals surface area contributed by atoms with Crippen molar-refractivity contribution in [3.05, 3.63) is 35.4 Å². The van der Waals surface area contributed by atoms with E-state index in [2.05, 4.69) is 5.32 Å². The standard InChI is InChI=1S/C15H22N2O2/c1-11-2-4-12(5-3-11)10-15(18)17-13-6-8-14(19-16)9-7-13/h2-5,13-14H,6-10,16H2,1H3,(H,17,18). The average molecular weight is 262 g/mol. The molecule has 0 unspecified atom stereocenters. The van der Waals surface area contributed by atoms with Gasteiger partial charge in [-0.25, -0.2) is 5.90 Å². The summed E-state index contributed by atoms with van der Waals surface area (Å²) in [6, 6.07) is 8.35. The van der Waals surface area contributed by atoms with Gasteiger partial charge in [0.1, 0.15) is 0 Å². The van der Waals surface area contributed by atoms with Crippen LogP contribution in [0.2, 0.25) is 0 Å². The van der Waals surface area contributed by atoms with Crippen molar-refractivity contribution >= 4 is 5.91 Å². The Kier molecular flexibility index (Phi) is 4.93. The fraction of sp³-hybridized carbons (Fsp3) is 0.533. The van der Waals surface area contributed by atoms with E-state index in [0.29, 0.717) is 6.42 Å². The first-order valence-corrected chi connectivity index (χ1v) is 6.88. The molecule has 1 amide bonds. The molecule has 19 heavy (non-hydrogen) atoms. The van der Waals surface area contributed by atoms with E-state index in [0.717, 1.165) is 31.2 Å². The van der Waals surface area contributed by atoms with E-state index in [1.54, 1.807) is 0 Å². The summed E-state index contributed by atoms with van der Waals surface area (Å²) in [5.74, 6) is 5.28. The van der Waals surface area contributed by atoms with Crippen LogP contribution in [0.15, 0.2) is 24.3 Å². The fourth-order valence-electron chi connectivity index (χ4n) is 2.51. The van der Waals surface area contributed by atoms with Gasteiger partial charge in [0.15, 0.2) is 0 Å². The number of rotatable bonds is 4. The molecule has 0 aromatic heterocycles. The van der Waals surface area contributed by atoms with Crippen LogP contribution in [0, 0.1) is 6.92 Å². The highest BCUT2D eigenvalue weighted by Gasteiger charge is 2.22. The second-order valence-electron chi connectivity index (χ2n) is 5.34. The lowest BCUT2D eigenvalue weighted by atomic mass is 9.93. The SMILES string of the molecule is Cc1ccc(CC(=O)NC2CCC(ON)CC2)cc1. The Morgan fingerprint density at radius 1 is 1.26 bits per heavy atom. The second-order valence-corrected chi connectivity index (χ2v) is 5.34. The summed E-state index contributed by atoms with van der Waals surface area (Å²) in [4.78, 5) is 16.8. The average Bonchev–Trinajstić information content (AvgIpc) is 2.42. The number of hydrogen-bond donors (Lipinski definition) is 2. The Balaban J connectivity index is 1.77. The number of carbonyl (C=O) groups excluding carboxylic acids is 1. The van der Waals surface area contributed by atoms with Crippen molar-refractivity contribution in [2.45, 2.75) is 51.2 Å². The van der Waals surface area contributed by atoms with Crippen molar-refractivity contribution in [2.24, 2.45) is 5.90 Å². The van der Waals surface area contributed by atoms with Crippen LogP contribution in [0.25, 0.3) is 0 Å². The topological polar surface area (TPSA) is 64.3 Å². The fourth-order valence-corrected chi connectivity index (χ4v) is 2.51. The van der Waals surface area contributed by atoms with Gasteiger partial charge in [-0.3, -0.25) is 4.79 Å². The number of aryl methyl sites for hydroxylation is 1. The van der Waals surface area contributed by atoms with Crippen molar-refractivity contribution in [1.29, 1.82) is 0 Å². The lowest BCUT2D eigenvalue weighted by Crippen LogP contribution is -2.40. The molecule has 1 aliphatic rings. The molecule has 0 radical (unpaired) electrons. The summed E-state index contributed by atoms with van der Waals surface area (Å²) in [6.07, 6.45) is 4.35. The Bertz CT molecular complexity index is 409. The Hall–Kier alpha value is -1.39. The van der Waals surface area contributed by atoms with Crippen LogP contribution >= 0.6 is 0 Å². The molecule has 0 saturated heterocycles. The van der Waals surface area contributed by atoms with Gasteiger partial charge in [0.25, 0.3) is 0 Å². The normalized spacial score (nSPS) is 23.1. The van der Waals surface area contributed by atoms with Crippen LogP contribution < -0.4 is 11.2 Å². The van der Waals surface area contributed by atoms with Crippen molar-refractivity contribution in [2.75, 3.05) is 0 Å². The van der Waals surface area contributed by atoms with E-state index in [-0.39, 0.29) is 18.1 Å². The van der Waals surface area contributed by atoms with Crippen LogP contribution in [-0.2, 0) is 16.1 Å². The third-order valence-corrected chi connectivity index (χ3v) is 3.72. The van der Waals surface area contributed by atoms with E-state index in [1.807, 2.05) is 31.2 Å². The van der Waals surface area contributed by atoms with Crippen LogP contribution in [0.1, 0.15) is 36.8 Å². The zero-order valence-electron chi connectivity index (χ0n) is 11.4. The molecule has 1 aromatic carbocycles. The van der Waals surface area contributed by atoms with Gasteiger partial charge < -0.3 is 10.2 Å². The van der Waals surface area contributed by atoms with Crippen molar-refractivity contribution in [3.63, 3.8) is 0 Å². The highest BCUT2D eigenvalue weighted by molar-refractivity contribution is 5.78. The maximum atomic E-state index is 11.9. The summed E-state index contributed by atoms with van der Waals surface area (Å²) in [5.41, 5.74) is 2.27. The molecule has 104 valence electrons. The molecule has 1 saturated carbocycles. The highest BCUT2D eigenvalue weighted by Crippen LogP contribution is 2.20. The molecule has 4 heteroatoms. The number of amides is 1. The maximum Gasteiger partial charge on any atom is 0.224 e. The first-order valence-electron chi connectivity index (χ1n) is 6.88. The molecular formula is C15H22N2O2. The number of benzene rings is 1. The Labute approximate surface area is 114 Å².